The number of aromatic nitrogens is 2. The summed E-state index contributed by atoms with van der Waals surface area (Å²) in [6, 6.07) is 11.9. The number of hydrogen-bond acceptors (Lipinski definition) is 6. The molecule has 0 unspecified atom stereocenters. The Morgan fingerprint density at radius 2 is 1.92 bits per heavy atom. The molecule has 3 rings (SSSR count). The largest absolute Gasteiger partial charge is 0.497 e. The van der Waals surface area contributed by atoms with Gasteiger partial charge in [0.25, 0.3) is 5.56 Å². The molecule has 2 aromatic heterocycles. The summed E-state index contributed by atoms with van der Waals surface area (Å²) in [5, 5.41) is 4.02. The van der Waals surface area contributed by atoms with Crippen LogP contribution in [0.15, 0.2) is 58.0 Å². The Kier molecular flexibility index (Phi) is 4.65. The molecule has 128 valence electrons. The van der Waals surface area contributed by atoms with Gasteiger partial charge in [0.15, 0.2) is 5.76 Å². The second kappa shape index (κ2) is 7.04. The Hall–Kier alpha value is -3.35. The van der Waals surface area contributed by atoms with Crippen molar-refractivity contribution >= 4 is 5.97 Å². The van der Waals surface area contributed by atoms with Crippen molar-refractivity contribution in [3.63, 3.8) is 0 Å². The molecule has 0 aliphatic rings. The third-order valence-corrected chi connectivity index (χ3v) is 3.68. The summed E-state index contributed by atoms with van der Waals surface area (Å²) >= 11 is 0. The molecule has 3 aromatic rings. The van der Waals surface area contributed by atoms with E-state index in [1.54, 1.807) is 13.2 Å². The summed E-state index contributed by atoms with van der Waals surface area (Å²) in [5.74, 6) is 0.735. The van der Waals surface area contributed by atoms with Crippen LogP contribution in [0.4, 0.5) is 0 Å². The topological polar surface area (TPSA) is 83.6 Å². The number of rotatable bonds is 5. The van der Waals surface area contributed by atoms with Crippen LogP contribution in [-0.2, 0) is 11.3 Å². The van der Waals surface area contributed by atoms with E-state index in [0.717, 1.165) is 11.3 Å². The van der Waals surface area contributed by atoms with Crippen LogP contribution in [0.2, 0.25) is 0 Å². The quantitative estimate of drug-likeness (QED) is 0.663. The number of carbonyl (C=O) groups excluding carboxylic acids is 1. The SMILES string of the molecule is COC(=O)c1ccc(=O)n(Cc2cc(-c3ccc(OC)cc3)no2)c1. The van der Waals surface area contributed by atoms with E-state index in [-0.39, 0.29) is 17.7 Å². The van der Waals surface area contributed by atoms with Crippen LogP contribution in [0, 0.1) is 0 Å². The van der Waals surface area contributed by atoms with Crippen LogP contribution in [0.3, 0.4) is 0 Å². The molecule has 0 aliphatic carbocycles. The monoisotopic (exact) mass is 340 g/mol. The highest BCUT2D eigenvalue weighted by atomic mass is 16.5. The van der Waals surface area contributed by atoms with E-state index in [1.807, 2.05) is 24.3 Å². The number of nitrogens with zero attached hydrogens (tertiary/aromatic N) is 2. The van der Waals surface area contributed by atoms with E-state index in [4.69, 9.17) is 9.26 Å². The zero-order valence-corrected chi connectivity index (χ0v) is 13.8. The first-order valence-electron chi connectivity index (χ1n) is 7.49. The van der Waals surface area contributed by atoms with Gasteiger partial charge in [-0.25, -0.2) is 4.79 Å². The maximum absolute atomic E-state index is 12.0. The molecule has 0 bridgehead atoms. The van der Waals surface area contributed by atoms with Gasteiger partial charge in [0.05, 0.1) is 26.3 Å². The first-order valence-corrected chi connectivity index (χ1v) is 7.49. The van der Waals surface area contributed by atoms with Gasteiger partial charge < -0.3 is 18.6 Å². The Morgan fingerprint density at radius 1 is 1.16 bits per heavy atom. The summed E-state index contributed by atoms with van der Waals surface area (Å²) in [5.41, 5.74) is 1.55. The van der Waals surface area contributed by atoms with Crippen molar-refractivity contribution in [2.75, 3.05) is 14.2 Å². The van der Waals surface area contributed by atoms with E-state index < -0.39 is 5.97 Å². The number of hydrogen-bond donors (Lipinski definition) is 0. The van der Waals surface area contributed by atoms with Crippen molar-refractivity contribution in [3.8, 4) is 17.0 Å². The van der Waals surface area contributed by atoms with Crippen LogP contribution in [0.5, 0.6) is 5.75 Å². The minimum atomic E-state index is -0.509. The lowest BCUT2D eigenvalue weighted by Gasteiger charge is -2.04. The Balaban J connectivity index is 1.83. The fourth-order valence-electron chi connectivity index (χ4n) is 2.35. The van der Waals surface area contributed by atoms with Gasteiger partial charge in [0.1, 0.15) is 11.4 Å². The zero-order valence-electron chi connectivity index (χ0n) is 13.8. The number of ether oxygens (including phenoxy) is 2. The van der Waals surface area contributed by atoms with Crippen molar-refractivity contribution in [2.45, 2.75) is 6.54 Å². The number of methoxy groups -OCH3 is 2. The Bertz CT molecular complexity index is 941. The normalized spacial score (nSPS) is 10.5. The molecule has 7 heteroatoms. The van der Waals surface area contributed by atoms with Gasteiger partial charge in [-0.05, 0) is 30.3 Å². The molecule has 0 amide bonds. The molecule has 0 fully saturated rings. The number of pyridine rings is 1. The fourth-order valence-corrected chi connectivity index (χ4v) is 2.35. The molecule has 7 nitrogen and oxygen atoms in total. The average molecular weight is 340 g/mol. The minimum Gasteiger partial charge on any atom is -0.497 e. The number of esters is 1. The maximum atomic E-state index is 12.0. The Labute approximate surface area is 143 Å². The average Bonchev–Trinajstić information content (AvgIpc) is 3.11. The molecule has 0 saturated carbocycles. The highest BCUT2D eigenvalue weighted by molar-refractivity contribution is 5.88. The van der Waals surface area contributed by atoms with Gasteiger partial charge in [-0.3, -0.25) is 4.79 Å². The lowest BCUT2D eigenvalue weighted by molar-refractivity contribution is 0.0599. The molecule has 0 saturated heterocycles. The van der Waals surface area contributed by atoms with Gasteiger partial charge in [0.2, 0.25) is 0 Å². The molecular formula is C18H16N2O5. The number of benzene rings is 1. The third-order valence-electron chi connectivity index (χ3n) is 3.68. The van der Waals surface area contributed by atoms with Gasteiger partial charge in [-0.15, -0.1) is 0 Å². The van der Waals surface area contributed by atoms with E-state index in [0.29, 0.717) is 11.5 Å². The molecule has 1 aromatic carbocycles. The summed E-state index contributed by atoms with van der Waals surface area (Å²) in [6.45, 7) is 0.160. The van der Waals surface area contributed by atoms with Gasteiger partial charge in [-0.1, -0.05) is 5.16 Å². The van der Waals surface area contributed by atoms with E-state index >= 15 is 0 Å². The first kappa shape index (κ1) is 16.5. The minimum absolute atomic E-state index is 0.160. The van der Waals surface area contributed by atoms with Gasteiger partial charge in [0, 0.05) is 23.9 Å². The molecule has 0 atom stereocenters. The second-order valence-electron chi connectivity index (χ2n) is 5.28. The zero-order chi connectivity index (χ0) is 17.8. The fraction of sp³-hybridized carbons (Fsp3) is 0.167. The molecular weight excluding hydrogens is 324 g/mol. The predicted octanol–water partition coefficient (Wildman–Crippen LogP) is 2.35. The third kappa shape index (κ3) is 3.60. The summed E-state index contributed by atoms with van der Waals surface area (Å²) < 4.78 is 16.5. The molecule has 2 heterocycles. The van der Waals surface area contributed by atoms with Crippen molar-refractivity contribution in [2.24, 2.45) is 0 Å². The molecule has 0 N–H and O–H groups in total. The smallest absolute Gasteiger partial charge is 0.339 e. The predicted molar refractivity (Wildman–Crippen MR) is 89.6 cm³/mol. The van der Waals surface area contributed by atoms with Gasteiger partial charge >= 0.3 is 5.97 Å². The lowest BCUT2D eigenvalue weighted by atomic mass is 10.1. The van der Waals surface area contributed by atoms with Crippen molar-refractivity contribution < 1.29 is 18.8 Å². The van der Waals surface area contributed by atoms with Crippen LogP contribution in [0.25, 0.3) is 11.3 Å². The van der Waals surface area contributed by atoms with E-state index in [1.165, 1.54) is 30.0 Å². The lowest BCUT2D eigenvalue weighted by Crippen LogP contribution is -2.20. The van der Waals surface area contributed by atoms with Crippen LogP contribution >= 0.6 is 0 Å². The first-order chi connectivity index (χ1) is 12.1. The second-order valence-corrected chi connectivity index (χ2v) is 5.28. The molecule has 25 heavy (non-hydrogen) atoms. The van der Waals surface area contributed by atoms with Crippen molar-refractivity contribution in [1.29, 1.82) is 0 Å². The van der Waals surface area contributed by atoms with Crippen molar-refractivity contribution in [3.05, 3.63) is 70.3 Å². The summed E-state index contributed by atoms with van der Waals surface area (Å²) in [7, 11) is 2.89. The van der Waals surface area contributed by atoms with E-state index in [2.05, 4.69) is 9.89 Å². The van der Waals surface area contributed by atoms with E-state index in [9.17, 15) is 9.59 Å². The van der Waals surface area contributed by atoms with Crippen molar-refractivity contribution in [1.82, 2.24) is 9.72 Å². The molecule has 0 spiro atoms. The highest BCUT2D eigenvalue weighted by Crippen LogP contribution is 2.22. The van der Waals surface area contributed by atoms with Crippen LogP contribution in [-0.4, -0.2) is 29.9 Å². The molecule has 0 radical (unpaired) electrons. The maximum Gasteiger partial charge on any atom is 0.339 e. The standard InChI is InChI=1S/C18H16N2O5/c1-23-14-6-3-12(4-7-14)16-9-15(25-19-16)11-20-10-13(18(22)24-2)5-8-17(20)21/h3-10H,11H2,1-2H3. The molecule has 0 aliphatic heterocycles. The van der Waals surface area contributed by atoms with Crippen LogP contribution in [0.1, 0.15) is 16.1 Å². The number of carbonyl (C=O) groups is 1. The summed E-state index contributed by atoms with van der Waals surface area (Å²) in [4.78, 5) is 23.6. The van der Waals surface area contributed by atoms with Crippen LogP contribution < -0.4 is 10.3 Å². The summed E-state index contributed by atoms with van der Waals surface area (Å²) in [6.07, 6.45) is 1.43. The highest BCUT2D eigenvalue weighted by Gasteiger charge is 2.11. The van der Waals surface area contributed by atoms with Gasteiger partial charge in [-0.2, -0.15) is 0 Å². The Morgan fingerprint density at radius 3 is 2.60 bits per heavy atom.